The van der Waals surface area contributed by atoms with Crippen molar-refractivity contribution in [1.82, 2.24) is 10.3 Å². The number of halogens is 2. The van der Waals surface area contributed by atoms with Gasteiger partial charge in [0.05, 0.1) is 18.4 Å². The van der Waals surface area contributed by atoms with Crippen molar-refractivity contribution in [1.29, 1.82) is 0 Å². The first-order valence-corrected chi connectivity index (χ1v) is 3.81. The van der Waals surface area contributed by atoms with Gasteiger partial charge in [0.1, 0.15) is 5.75 Å². The molecule has 1 aromatic rings. The maximum absolute atomic E-state index is 11.7. The van der Waals surface area contributed by atoms with E-state index in [2.05, 4.69) is 10.3 Å². The van der Waals surface area contributed by atoms with E-state index in [1.54, 1.807) is 6.07 Å². The summed E-state index contributed by atoms with van der Waals surface area (Å²) in [6.45, 7) is -0.0623. The van der Waals surface area contributed by atoms with Gasteiger partial charge in [-0.3, -0.25) is 4.98 Å². The number of pyridine rings is 1. The Kier molecular flexibility index (Phi) is 3.57. The lowest BCUT2D eigenvalue weighted by atomic mass is 10.3. The quantitative estimate of drug-likeness (QED) is 0.744. The van der Waals surface area contributed by atoms with Crippen LogP contribution in [0.3, 0.4) is 0 Å². The van der Waals surface area contributed by atoms with Gasteiger partial charge in [-0.1, -0.05) is 0 Å². The maximum Gasteiger partial charge on any atom is 0.250 e. The third kappa shape index (κ3) is 3.80. The van der Waals surface area contributed by atoms with Gasteiger partial charge in [0.25, 0.3) is 6.43 Å². The fourth-order valence-corrected chi connectivity index (χ4v) is 0.831. The zero-order valence-electron chi connectivity index (χ0n) is 6.87. The molecule has 0 unspecified atom stereocenters. The van der Waals surface area contributed by atoms with E-state index in [1.165, 1.54) is 12.3 Å². The summed E-state index contributed by atoms with van der Waals surface area (Å²) in [7, 11) is 0. The first-order valence-electron chi connectivity index (χ1n) is 3.81. The van der Waals surface area contributed by atoms with Crippen LogP contribution in [0.2, 0.25) is 0 Å². The highest BCUT2D eigenvalue weighted by Gasteiger charge is 2.01. The minimum Gasteiger partial charge on any atom is -0.506 e. The van der Waals surface area contributed by atoms with E-state index in [0.717, 1.165) is 0 Å². The molecule has 0 aliphatic heterocycles. The molecule has 0 fully saturated rings. The summed E-state index contributed by atoms with van der Waals surface area (Å²) in [5.74, 6) is 0.0672. The maximum atomic E-state index is 11.7. The van der Waals surface area contributed by atoms with Gasteiger partial charge in [-0.05, 0) is 12.1 Å². The molecule has 0 saturated heterocycles. The van der Waals surface area contributed by atoms with Crippen LogP contribution in [-0.2, 0) is 6.54 Å². The number of nitrogens with one attached hydrogen (secondary N) is 1. The van der Waals surface area contributed by atoms with Gasteiger partial charge >= 0.3 is 0 Å². The van der Waals surface area contributed by atoms with Crippen LogP contribution in [0.25, 0.3) is 0 Å². The second-order valence-electron chi connectivity index (χ2n) is 2.53. The first-order chi connectivity index (χ1) is 6.18. The first kappa shape index (κ1) is 9.85. The van der Waals surface area contributed by atoms with Crippen LogP contribution in [-0.4, -0.2) is 23.1 Å². The lowest BCUT2D eigenvalue weighted by Crippen LogP contribution is -2.21. The molecule has 0 amide bonds. The Balaban J connectivity index is 2.33. The van der Waals surface area contributed by atoms with E-state index < -0.39 is 6.43 Å². The van der Waals surface area contributed by atoms with Gasteiger partial charge < -0.3 is 10.4 Å². The molecule has 2 N–H and O–H groups in total. The average molecular weight is 188 g/mol. The fourth-order valence-electron chi connectivity index (χ4n) is 0.831. The third-order valence-corrected chi connectivity index (χ3v) is 1.41. The number of hydrogen-bond donors (Lipinski definition) is 2. The Hall–Kier alpha value is -1.23. The Morgan fingerprint density at radius 3 is 2.77 bits per heavy atom. The normalized spacial score (nSPS) is 10.7. The summed E-state index contributed by atoms with van der Waals surface area (Å²) in [6, 6.07) is 3.04. The smallest absolute Gasteiger partial charge is 0.250 e. The number of aromatic hydroxyl groups is 1. The highest BCUT2D eigenvalue weighted by molar-refractivity contribution is 5.17. The highest BCUT2D eigenvalue weighted by Crippen LogP contribution is 2.05. The summed E-state index contributed by atoms with van der Waals surface area (Å²) in [5.41, 5.74) is 0.624. The monoisotopic (exact) mass is 188 g/mol. The van der Waals surface area contributed by atoms with Crippen molar-refractivity contribution in [2.24, 2.45) is 0 Å². The largest absolute Gasteiger partial charge is 0.506 e. The average Bonchev–Trinajstić information content (AvgIpc) is 2.08. The van der Waals surface area contributed by atoms with Gasteiger partial charge in [-0.25, -0.2) is 8.78 Å². The summed E-state index contributed by atoms with van der Waals surface area (Å²) in [5, 5.41) is 11.4. The number of nitrogens with zero attached hydrogens (tertiary/aromatic N) is 1. The van der Waals surface area contributed by atoms with E-state index in [0.29, 0.717) is 5.69 Å². The van der Waals surface area contributed by atoms with Crippen molar-refractivity contribution < 1.29 is 13.9 Å². The van der Waals surface area contributed by atoms with Gasteiger partial charge in [-0.15, -0.1) is 0 Å². The zero-order chi connectivity index (χ0) is 9.68. The second-order valence-corrected chi connectivity index (χ2v) is 2.53. The minimum atomic E-state index is -2.35. The molecular formula is C8H10F2N2O. The van der Waals surface area contributed by atoms with Gasteiger partial charge in [0, 0.05) is 6.54 Å². The molecule has 0 radical (unpaired) electrons. The van der Waals surface area contributed by atoms with Gasteiger partial charge in [0.15, 0.2) is 0 Å². The number of aromatic nitrogens is 1. The Bertz CT molecular complexity index is 251. The van der Waals surface area contributed by atoms with Crippen LogP contribution >= 0.6 is 0 Å². The molecule has 1 heterocycles. The zero-order valence-corrected chi connectivity index (χ0v) is 6.87. The van der Waals surface area contributed by atoms with Gasteiger partial charge in [-0.2, -0.15) is 0 Å². The summed E-state index contributed by atoms with van der Waals surface area (Å²) < 4.78 is 23.4. The molecule has 0 aliphatic carbocycles. The lowest BCUT2D eigenvalue weighted by Gasteiger charge is -2.02. The molecule has 72 valence electrons. The van der Waals surface area contributed by atoms with Crippen molar-refractivity contribution >= 4 is 0 Å². The van der Waals surface area contributed by atoms with Crippen LogP contribution in [0.5, 0.6) is 5.75 Å². The van der Waals surface area contributed by atoms with E-state index in [4.69, 9.17) is 5.11 Å². The number of rotatable bonds is 4. The van der Waals surface area contributed by atoms with Crippen LogP contribution in [0.15, 0.2) is 18.3 Å². The summed E-state index contributed by atoms with van der Waals surface area (Å²) in [4.78, 5) is 3.82. The van der Waals surface area contributed by atoms with Crippen molar-refractivity contribution in [2.45, 2.75) is 13.0 Å². The summed E-state index contributed by atoms with van der Waals surface area (Å²) >= 11 is 0. The predicted octanol–water partition coefficient (Wildman–Crippen LogP) is 1.14. The minimum absolute atomic E-state index is 0.0672. The van der Waals surface area contributed by atoms with E-state index in [9.17, 15) is 8.78 Å². The standard InChI is InChI=1S/C8H10F2N2O/c9-8(10)5-11-3-6-1-2-7(13)4-12-6/h1-2,4,8,11,13H,3,5H2. The molecule has 1 rings (SSSR count). The van der Waals surface area contributed by atoms with Crippen LogP contribution in [0.4, 0.5) is 8.78 Å². The van der Waals surface area contributed by atoms with Crippen molar-refractivity contribution in [3.8, 4) is 5.75 Å². The highest BCUT2D eigenvalue weighted by atomic mass is 19.3. The molecule has 0 aliphatic rings. The van der Waals surface area contributed by atoms with Crippen LogP contribution in [0, 0.1) is 0 Å². The molecule has 0 bridgehead atoms. The Labute approximate surface area is 74.4 Å². The Morgan fingerprint density at radius 1 is 1.46 bits per heavy atom. The molecule has 0 aromatic carbocycles. The third-order valence-electron chi connectivity index (χ3n) is 1.41. The van der Waals surface area contributed by atoms with Crippen LogP contribution in [0.1, 0.15) is 5.69 Å². The SMILES string of the molecule is Oc1ccc(CNCC(F)F)nc1. The molecule has 0 atom stereocenters. The number of hydrogen-bond acceptors (Lipinski definition) is 3. The van der Waals surface area contributed by atoms with Crippen LogP contribution < -0.4 is 5.32 Å². The predicted molar refractivity (Wildman–Crippen MR) is 43.6 cm³/mol. The van der Waals surface area contributed by atoms with Gasteiger partial charge in [0.2, 0.25) is 0 Å². The molecule has 0 spiro atoms. The molecule has 5 heteroatoms. The lowest BCUT2D eigenvalue weighted by molar-refractivity contribution is 0.145. The topological polar surface area (TPSA) is 45.1 Å². The van der Waals surface area contributed by atoms with Crippen molar-refractivity contribution in [3.05, 3.63) is 24.0 Å². The van der Waals surface area contributed by atoms with E-state index >= 15 is 0 Å². The van der Waals surface area contributed by atoms with Crippen molar-refractivity contribution in [2.75, 3.05) is 6.54 Å². The molecule has 1 aromatic heterocycles. The molecule has 13 heavy (non-hydrogen) atoms. The van der Waals surface area contributed by atoms with E-state index in [1.807, 2.05) is 0 Å². The molecular weight excluding hydrogens is 178 g/mol. The fraction of sp³-hybridized carbons (Fsp3) is 0.375. The number of alkyl halides is 2. The molecule has 3 nitrogen and oxygen atoms in total. The van der Waals surface area contributed by atoms with Crippen molar-refractivity contribution in [3.63, 3.8) is 0 Å². The summed E-state index contributed by atoms with van der Waals surface area (Å²) in [6.07, 6.45) is -1.07. The molecule has 0 saturated carbocycles. The second kappa shape index (κ2) is 4.71. The van der Waals surface area contributed by atoms with E-state index in [-0.39, 0.29) is 18.8 Å². The Morgan fingerprint density at radius 2 is 2.23 bits per heavy atom.